The third kappa shape index (κ3) is 6.05. The van der Waals surface area contributed by atoms with Crippen LogP contribution < -0.4 is 16.0 Å². The molecule has 0 radical (unpaired) electrons. The highest BCUT2D eigenvalue weighted by Crippen LogP contribution is 2.33. The van der Waals surface area contributed by atoms with Gasteiger partial charge in [-0.2, -0.15) is 0 Å². The van der Waals surface area contributed by atoms with E-state index in [4.69, 9.17) is 5.73 Å². The molecule has 1 aliphatic rings. The molecular weight excluding hydrogens is 452 g/mol. The first-order valence-electron chi connectivity index (χ1n) is 11.9. The largest absolute Gasteiger partial charge is 0.394 e. The molecule has 0 atom stereocenters. The zero-order valence-corrected chi connectivity index (χ0v) is 21.6. The molecule has 1 aliphatic heterocycles. The molecule has 0 aliphatic carbocycles. The number of aromatic nitrogens is 2. The Morgan fingerprint density at radius 3 is 2.54 bits per heavy atom. The number of nitrogens with zero attached hydrogens (tertiary/aromatic N) is 4. The maximum Gasteiger partial charge on any atom is 0.130 e. The van der Waals surface area contributed by atoms with Crippen LogP contribution in [-0.4, -0.2) is 48.1 Å². The van der Waals surface area contributed by atoms with Crippen molar-refractivity contribution in [1.82, 2.24) is 14.9 Å². The molecule has 4 rings (SSSR count). The first-order chi connectivity index (χ1) is 16.8. The number of pyridine rings is 2. The minimum atomic E-state index is 0.574. The third-order valence-corrected chi connectivity index (χ3v) is 7.35. The van der Waals surface area contributed by atoms with Crippen molar-refractivity contribution in [2.75, 3.05) is 37.4 Å². The second-order valence-electron chi connectivity index (χ2n) is 9.04. The predicted molar refractivity (Wildman–Crippen MR) is 152 cm³/mol. The smallest absolute Gasteiger partial charge is 0.130 e. The van der Waals surface area contributed by atoms with Gasteiger partial charge in [0.25, 0.3) is 0 Å². The van der Waals surface area contributed by atoms with Gasteiger partial charge in [0.15, 0.2) is 0 Å². The van der Waals surface area contributed by atoms with E-state index in [0.717, 1.165) is 70.1 Å². The standard InChI is InChI=1S/C28H34N6S/c1-6-26(35-20(3)29)22-7-8-23-18-31-27(16-24(23)15-22)32-19(2)21-9-12-30-28(17-21)34-13-10-25(11-14-34)33(4)5/h6-9,12,15-18,25H,2-3,10-11,13-14,29H2,1,4-5H3,(H,31,32)/b26-6-. The first-order valence-corrected chi connectivity index (χ1v) is 12.7. The fraction of sp³-hybridized carbons (Fsp3) is 0.286. The van der Waals surface area contributed by atoms with E-state index in [9.17, 15) is 0 Å². The summed E-state index contributed by atoms with van der Waals surface area (Å²) in [4.78, 5) is 15.0. The molecule has 3 aromatic rings. The monoisotopic (exact) mass is 486 g/mol. The van der Waals surface area contributed by atoms with Crippen molar-refractivity contribution in [3.63, 3.8) is 0 Å². The summed E-state index contributed by atoms with van der Waals surface area (Å²) in [7, 11) is 4.32. The quantitative estimate of drug-likeness (QED) is 0.419. The Balaban J connectivity index is 1.49. The highest BCUT2D eigenvalue weighted by molar-refractivity contribution is 8.11. The Morgan fingerprint density at radius 2 is 1.86 bits per heavy atom. The van der Waals surface area contributed by atoms with Gasteiger partial charge in [-0.25, -0.2) is 9.97 Å². The van der Waals surface area contributed by atoms with Gasteiger partial charge in [-0.05, 0) is 69.1 Å². The van der Waals surface area contributed by atoms with Crippen molar-refractivity contribution >= 4 is 44.8 Å². The van der Waals surface area contributed by atoms with Gasteiger partial charge >= 0.3 is 0 Å². The molecule has 3 N–H and O–H groups in total. The summed E-state index contributed by atoms with van der Waals surface area (Å²) in [6, 6.07) is 13.1. The number of rotatable bonds is 8. The summed E-state index contributed by atoms with van der Waals surface area (Å²) in [6.45, 7) is 12.1. The molecule has 1 aromatic carbocycles. The van der Waals surface area contributed by atoms with Crippen LogP contribution >= 0.6 is 11.8 Å². The molecule has 3 heterocycles. The number of hydrogen-bond donors (Lipinski definition) is 2. The molecule has 1 saturated heterocycles. The van der Waals surface area contributed by atoms with Gasteiger partial charge in [-0.15, -0.1) is 0 Å². The zero-order valence-electron chi connectivity index (χ0n) is 20.8. The summed E-state index contributed by atoms with van der Waals surface area (Å²) >= 11 is 1.47. The van der Waals surface area contributed by atoms with Crippen LogP contribution in [-0.2, 0) is 0 Å². The van der Waals surface area contributed by atoms with Gasteiger partial charge in [0, 0.05) is 53.1 Å². The van der Waals surface area contributed by atoms with Crippen LogP contribution in [0.5, 0.6) is 0 Å². The average molecular weight is 487 g/mol. The van der Waals surface area contributed by atoms with Gasteiger partial charge in [0.05, 0.1) is 5.03 Å². The Morgan fingerprint density at radius 1 is 1.09 bits per heavy atom. The molecule has 1 fully saturated rings. The number of benzene rings is 1. The van der Waals surface area contributed by atoms with Crippen molar-refractivity contribution in [1.29, 1.82) is 0 Å². The van der Waals surface area contributed by atoms with Crippen LogP contribution in [0.25, 0.3) is 21.4 Å². The van der Waals surface area contributed by atoms with E-state index in [0.29, 0.717) is 11.1 Å². The Bertz CT molecular complexity index is 1260. The number of hydrogen-bond acceptors (Lipinski definition) is 7. The summed E-state index contributed by atoms with van der Waals surface area (Å²) in [5, 5.41) is 6.12. The molecule has 182 valence electrons. The van der Waals surface area contributed by atoms with E-state index in [1.54, 1.807) is 0 Å². The fourth-order valence-electron chi connectivity index (χ4n) is 4.41. The number of nitrogens with one attached hydrogen (secondary N) is 1. The summed E-state index contributed by atoms with van der Waals surface area (Å²) in [5.74, 6) is 1.75. The average Bonchev–Trinajstić information content (AvgIpc) is 2.86. The lowest BCUT2D eigenvalue weighted by Crippen LogP contribution is -2.42. The van der Waals surface area contributed by atoms with E-state index in [-0.39, 0.29) is 0 Å². The number of allylic oxidation sites excluding steroid dienone is 1. The van der Waals surface area contributed by atoms with Crippen molar-refractivity contribution < 1.29 is 0 Å². The Hall–Kier alpha value is -3.29. The van der Waals surface area contributed by atoms with Gasteiger partial charge in [0.1, 0.15) is 11.6 Å². The van der Waals surface area contributed by atoms with E-state index in [1.165, 1.54) is 11.8 Å². The van der Waals surface area contributed by atoms with Crippen LogP contribution in [0.2, 0.25) is 0 Å². The molecule has 0 bridgehead atoms. The number of fused-ring (bicyclic) bond motifs is 1. The molecule has 0 unspecified atom stereocenters. The van der Waals surface area contributed by atoms with Crippen molar-refractivity contribution in [2.24, 2.45) is 5.73 Å². The molecule has 6 nitrogen and oxygen atoms in total. The molecule has 35 heavy (non-hydrogen) atoms. The van der Waals surface area contributed by atoms with Crippen molar-refractivity contribution in [3.05, 3.63) is 84.2 Å². The highest BCUT2D eigenvalue weighted by atomic mass is 32.2. The molecule has 0 amide bonds. The van der Waals surface area contributed by atoms with Crippen LogP contribution in [0.3, 0.4) is 0 Å². The predicted octanol–water partition coefficient (Wildman–Crippen LogP) is 5.77. The maximum atomic E-state index is 5.82. The fourth-order valence-corrected chi connectivity index (χ4v) is 5.05. The van der Waals surface area contributed by atoms with E-state index in [2.05, 4.69) is 82.7 Å². The lowest BCUT2D eigenvalue weighted by Gasteiger charge is -2.36. The number of piperidine rings is 1. The lowest BCUT2D eigenvalue weighted by atomic mass is 10.0. The van der Waals surface area contributed by atoms with E-state index in [1.807, 2.05) is 31.5 Å². The number of anilines is 2. The molecular formula is C28H34N6S. The van der Waals surface area contributed by atoms with E-state index >= 15 is 0 Å². The first kappa shape index (κ1) is 24.8. The topological polar surface area (TPSA) is 70.3 Å². The van der Waals surface area contributed by atoms with Gasteiger partial charge in [-0.3, -0.25) is 0 Å². The second-order valence-corrected chi connectivity index (χ2v) is 10.2. The Labute approximate surface area is 212 Å². The minimum Gasteiger partial charge on any atom is -0.394 e. The zero-order chi connectivity index (χ0) is 24.9. The molecule has 2 aromatic heterocycles. The summed E-state index contributed by atoms with van der Waals surface area (Å²) in [5.41, 5.74) is 8.72. The van der Waals surface area contributed by atoms with Gasteiger partial charge in [-0.1, -0.05) is 43.1 Å². The van der Waals surface area contributed by atoms with Crippen LogP contribution in [0, 0.1) is 0 Å². The molecule has 0 saturated carbocycles. The van der Waals surface area contributed by atoms with Crippen molar-refractivity contribution in [3.8, 4) is 0 Å². The van der Waals surface area contributed by atoms with Gasteiger partial charge < -0.3 is 20.9 Å². The number of thioether (sulfide) groups is 1. The minimum absolute atomic E-state index is 0.574. The van der Waals surface area contributed by atoms with Crippen LogP contribution in [0.4, 0.5) is 11.6 Å². The van der Waals surface area contributed by atoms with Crippen LogP contribution in [0.15, 0.2) is 73.1 Å². The normalized spacial score (nSPS) is 15.0. The highest BCUT2D eigenvalue weighted by Gasteiger charge is 2.21. The second kappa shape index (κ2) is 11.0. The van der Waals surface area contributed by atoms with Crippen LogP contribution in [0.1, 0.15) is 30.9 Å². The molecule has 0 spiro atoms. The van der Waals surface area contributed by atoms with Crippen molar-refractivity contribution in [2.45, 2.75) is 25.8 Å². The van der Waals surface area contributed by atoms with E-state index < -0.39 is 0 Å². The lowest BCUT2D eigenvalue weighted by molar-refractivity contribution is 0.249. The summed E-state index contributed by atoms with van der Waals surface area (Å²) in [6.07, 6.45) is 8.08. The van der Waals surface area contributed by atoms with Gasteiger partial charge in [0.2, 0.25) is 0 Å². The maximum absolute atomic E-state index is 5.82. The molecule has 7 heteroatoms. The Kier molecular flexibility index (Phi) is 7.78. The number of nitrogens with two attached hydrogens (primary N) is 1. The SMILES string of the molecule is C=C(N)S/C(=C\C)c1ccc2cnc(NC(=C)c3ccnc(N4CCC(N(C)C)CC4)c3)cc2c1. The third-order valence-electron chi connectivity index (χ3n) is 6.40. The summed E-state index contributed by atoms with van der Waals surface area (Å²) < 4.78 is 0.